The Bertz CT molecular complexity index is 457. The highest BCUT2D eigenvalue weighted by Gasteiger charge is 2.31. The number of ether oxygens (including phenoxy) is 3. The van der Waals surface area contributed by atoms with Crippen LogP contribution in [-0.2, 0) is 23.8 Å². The Labute approximate surface area is 150 Å². The maximum Gasteiger partial charge on any atom is 0.407 e. The van der Waals surface area contributed by atoms with Crippen molar-refractivity contribution in [1.82, 2.24) is 10.6 Å². The molecule has 0 unspecified atom stereocenters. The van der Waals surface area contributed by atoms with Crippen LogP contribution in [0.2, 0.25) is 0 Å². The van der Waals surface area contributed by atoms with Crippen molar-refractivity contribution in [3.8, 4) is 0 Å². The molecule has 0 radical (unpaired) electrons. The molecule has 1 atom stereocenters. The summed E-state index contributed by atoms with van der Waals surface area (Å²) in [5, 5.41) is 5.28. The minimum absolute atomic E-state index is 0.391. The molecule has 0 saturated heterocycles. The Balaban J connectivity index is 4.32. The first-order chi connectivity index (χ1) is 11.4. The number of esters is 1. The fourth-order valence-electron chi connectivity index (χ4n) is 1.79. The van der Waals surface area contributed by atoms with Gasteiger partial charge in [0.2, 0.25) is 0 Å². The lowest BCUT2D eigenvalue weighted by molar-refractivity contribution is -0.149. The number of alkyl carbamates (subject to hydrolysis) is 1. The fraction of sp³-hybridized carbons (Fsp3) is 0.824. The highest BCUT2D eigenvalue weighted by Crippen LogP contribution is 2.10. The fourth-order valence-corrected chi connectivity index (χ4v) is 1.79. The largest absolute Gasteiger partial charge is 0.467 e. The maximum absolute atomic E-state index is 12.1. The third-order valence-electron chi connectivity index (χ3n) is 3.44. The van der Waals surface area contributed by atoms with Crippen LogP contribution >= 0.6 is 0 Å². The predicted octanol–water partition coefficient (Wildman–Crippen LogP) is 1.76. The minimum Gasteiger partial charge on any atom is -0.467 e. The lowest BCUT2D eigenvalue weighted by atomic mass is 10.1. The van der Waals surface area contributed by atoms with Crippen LogP contribution < -0.4 is 10.6 Å². The van der Waals surface area contributed by atoms with E-state index in [9.17, 15) is 14.4 Å². The Morgan fingerprint density at radius 1 is 1.00 bits per heavy atom. The second kappa shape index (κ2) is 10.2. The summed E-state index contributed by atoms with van der Waals surface area (Å²) in [6.07, 6.45) is 1.17. The van der Waals surface area contributed by atoms with Crippen molar-refractivity contribution >= 4 is 18.0 Å². The molecule has 0 aliphatic rings. The number of carbonyl (C=O) groups excluding carboxylic acids is 3. The van der Waals surface area contributed by atoms with Crippen molar-refractivity contribution in [3.63, 3.8) is 0 Å². The van der Waals surface area contributed by atoms with Crippen molar-refractivity contribution in [3.05, 3.63) is 0 Å². The summed E-state index contributed by atoms with van der Waals surface area (Å²) in [4.78, 5) is 35.5. The van der Waals surface area contributed by atoms with E-state index in [4.69, 9.17) is 14.2 Å². The van der Waals surface area contributed by atoms with Gasteiger partial charge in [-0.15, -0.1) is 0 Å². The summed E-state index contributed by atoms with van der Waals surface area (Å²) in [6.45, 7) is 9.01. The van der Waals surface area contributed by atoms with Crippen molar-refractivity contribution in [2.75, 3.05) is 20.8 Å². The second-order valence-corrected chi connectivity index (χ2v) is 7.19. The van der Waals surface area contributed by atoms with E-state index in [1.165, 1.54) is 14.2 Å². The molecule has 0 bridgehead atoms. The smallest absolute Gasteiger partial charge is 0.407 e. The summed E-state index contributed by atoms with van der Waals surface area (Å²) in [7, 11) is 2.70. The topological polar surface area (TPSA) is 103 Å². The number of hydrogen-bond acceptors (Lipinski definition) is 6. The molecule has 0 fully saturated rings. The van der Waals surface area contributed by atoms with Gasteiger partial charge in [-0.05, 0) is 53.9 Å². The molecule has 146 valence electrons. The quantitative estimate of drug-likeness (QED) is 0.480. The summed E-state index contributed by atoms with van der Waals surface area (Å²) < 4.78 is 15.0. The van der Waals surface area contributed by atoms with Crippen LogP contribution in [0, 0.1) is 0 Å². The van der Waals surface area contributed by atoms with Gasteiger partial charge in [-0.2, -0.15) is 0 Å². The average Bonchev–Trinajstić information content (AvgIpc) is 2.50. The number of carbonyl (C=O) groups is 3. The molecular formula is C17H32N2O6. The molecule has 0 saturated carbocycles. The molecule has 2 amide bonds. The number of nitrogens with one attached hydrogen (secondary N) is 2. The van der Waals surface area contributed by atoms with E-state index in [-0.39, 0.29) is 0 Å². The lowest BCUT2D eigenvalue weighted by Crippen LogP contribution is -2.50. The van der Waals surface area contributed by atoms with E-state index in [0.717, 1.165) is 0 Å². The second-order valence-electron chi connectivity index (χ2n) is 7.19. The maximum atomic E-state index is 12.1. The first-order valence-corrected chi connectivity index (χ1v) is 8.33. The molecule has 0 spiro atoms. The zero-order chi connectivity index (χ0) is 19.7. The summed E-state index contributed by atoms with van der Waals surface area (Å²) in [6, 6.07) is -0.756. The number of hydrogen-bond donors (Lipinski definition) is 2. The van der Waals surface area contributed by atoms with Gasteiger partial charge in [-0.3, -0.25) is 4.79 Å². The van der Waals surface area contributed by atoms with E-state index >= 15 is 0 Å². The molecule has 8 nitrogen and oxygen atoms in total. The highest BCUT2D eigenvalue weighted by atomic mass is 16.6. The lowest BCUT2D eigenvalue weighted by Gasteiger charge is -2.25. The molecule has 0 aliphatic carbocycles. The monoisotopic (exact) mass is 360 g/mol. The normalized spacial score (nSPS) is 12.9. The van der Waals surface area contributed by atoms with Crippen molar-refractivity contribution in [1.29, 1.82) is 0 Å². The van der Waals surface area contributed by atoms with Crippen molar-refractivity contribution < 1.29 is 28.6 Å². The zero-order valence-corrected chi connectivity index (χ0v) is 16.4. The molecule has 0 heterocycles. The van der Waals surface area contributed by atoms with E-state index in [0.29, 0.717) is 25.8 Å². The summed E-state index contributed by atoms with van der Waals surface area (Å²) >= 11 is 0. The van der Waals surface area contributed by atoms with Crippen LogP contribution in [0.15, 0.2) is 0 Å². The van der Waals surface area contributed by atoms with E-state index in [1.54, 1.807) is 34.6 Å². The van der Waals surface area contributed by atoms with Gasteiger partial charge < -0.3 is 24.8 Å². The Kier molecular flexibility index (Phi) is 9.48. The predicted molar refractivity (Wildman–Crippen MR) is 93.1 cm³/mol. The highest BCUT2D eigenvalue weighted by molar-refractivity contribution is 5.89. The van der Waals surface area contributed by atoms with E-state index < -0.39 is 35.2 Å². The standard InChI is InChI=1S/C17H32N2O6/c1-16(2,3)25-15(22)18-11-9-8-10-12(13(20)23-6)19-14(21)17(4,5)24-7/h12H,8-11H2,1-7H3,(H,18,22)(H,19,21)/t12-/m0/s1. The van der Waals surface area contributed by atoms with Gasteiger partial charge in [-0.25, -0.2) is 9.59 Å². The Hall–Kier alpha value is -1.83. The molecule has 8 heteroatoms. The first kappa shape index (κ1) is 23.2. The SMILES string of the molecule is COC(=O)[C@H](CCCCNC(=O)OC(C)(C)C)NC(=O)C(C)(C)OC. The van der Waals surface area contributed by atoms with E-state index in [2.05, 4.69) is 10.6 Å². The number of amides is 2. The Morgan fingerprint density at radius 3 is 2.08 bits per heavy atom. The minimum atomic E-state index is -1.04. The summed E-state index contributed by atoms with van der Waals surface area (Å²) in [5.74, 6) is -0.905. The van der Waals surface area contributed by atoms with Crippen LogP contribution in [0.1, 0.15) is 53.9 Å². The van der Waals surface area contributed by atoms with Gasteiger partial charge in [-0.1, -0.05) is 0 Å². The zero-order valence-electron chi connectivity index (χ0n) is 16.4. The van der Waals surface area contributed by atoms with Crippen molar-refractivity contribution in [2.45, 2.75) is 71.1 Å². The molecule has 0 aromatic rings. The molecule has 0 aliphatic heterocycles. The average molecular weight is 360 g/mol. The van der Waals surface area contributed by atoms with Crippen molar-refractivity contribution in [2.24, 2.45) is 0 Å². The van der Waals surface area contributed by atoms with Crippen LogP contribution in [0.5, 0.6) is 0 Å². The molecule has 0 aromatic heterocycles. The van der Waals surface area contributed by atoms with Crippen LogP contribution in [0.4, 0.5) is 4.79 Å². The molecule has 0 aromatic carbocycles. The number of rotatable bonds is 9. The third-order valence-corrected chi connectivity index (χ3v) is 3.44. The van der Waals surface area contributed by atoms with Crippen LogP contribution in [0.3, 0.4) is 0 Å². The van der Waals surface area contributed by atoms with Gasteiger partial charge in [0.1, 0.15) is 17.2 Å². The molecule has 2 N–H and O–H groups in total. The van der Waals surface area contributed by atoms with Gasteiger partial charge in [0.15, 0.2) is 0 Å². The number of unbranched alkanes of at least 4 members (excludes halogenated alkanes) is 1. The van der Waals surface area contributed by atoms with E-state index in [1.807, 2.05) is 0 Å². The van der Waals surface area contributed by atoms with Gasteiger partial charge in [0.25, 0.3) is 5.91 Å². The summed E-state index contributed by atoms with van der Waals surface area (Å²) in [5.41, 5.74) is -1.58. The Morgan fingerprint density at radius 2 is 1.60 bits per heavy atom. The molecular weight excluding hydrogens is 328 g/mol. The third kappa shape index (κ3) is 9.91. The van der Waals surface area contributed by atoms with Gasteiger partial charge in [0, 0.05) is 13.7 Å². The molecule has 25 heavy (non-hydrogen) atoms. The van der Waals surface area contributed by atoms with Gasteiger partial charge in [0.05, 0.1) is 7.11 Å². The molecule has 0 rings (SSSR count). The first-order valence-electron chi connectivity index (χ1n) is 8.33. The van der Waals surface area contributed by atoms with Crippen LogP contribution in [-0.4, -0.2) is 56.0 Å². The number of methoxy groups -OCH3 is 2. The van der Waals surface area contributed by atoms with Gasteiger partial charge >= 0.3 is 12.1 Å². The van der Waals surface area contributed by atoms with Crippen LogP contribution in [0.25, 0.3) is 0 Å².